The van der Waals surface area contributed by atoms with Gasteiger partial charge < -0.3 is 10.4 Å². The van der Waals surface area contributed by atoms with Crippen molar-refractivity contribution < 1.29 is 14.8 Å². The SMILES string of the molecule is C#CCC(Nc1ccc([N+](=O)[O-])cn1)C(=O)O. The van der Waals surface area contributed by atoms with Gasteiger partial charge in [-0.2, -0.15) is 0 Å². The molecule has 1 aromatic rings. The van der Waals surface area contributed by atoms with Crippen LogP contribution in [0.5, 0.6) is 0 Å². The molecule has 0 fully saturated rings. The van der Waals surface area contributed by atoms with Gasteiger partial charge in [0.25, 0.3) is 5.69 Å². The van der Waals surface area contributed by atoms with Crippen LogP contribution in [0, 0.1) is 22.5 Å². The fourth-order valence-corrected chi connectivity index (χ4v) is 1.08. The second kappa shape index (κ2) is 5.46. The monoisotopic (exact) mass is 235 g/mol. The molecule has 7 heteroatoms. The van der Waals surface area contributed by atoms with Gasteiger partial charge in [-0.05, 0) is 6.07 Å². The molecular formula is C10H9N3O4. The lowest BCUT2D eigenvalue weighted by molar-refractivity contribution is -0.385. The van der Waals surface area contributed by atoms with Crippen LogP contribution in [-0.2, 0) is 4.79 Å². The van der Waals surface area contributed by atoms with Crippen LogP contribution < -0.4 is 5.32 Å². The van der Waals surface area contributed by atoms with Crippen molar-refractivity contribution in [1.29, 1.82) is 0 Å². The number of hydrogen-bond donors (Lipinski definition) is 2. The highest BCUT2D eigenvalue weighted by atomic mass is 16.6. The summed E-state index contributed by atoms with van der Waals surface area (Å²) in [5.41, 5.74) is -0.167. The normalized spacial score (nSPS) is 11.2. The van der Waals surface area contributed by atoms with E-state index in [1.807, 2.05) is 0 Å². The average Bonchev–Trinajstić information content (AvgIpc) is 2.29. The van der Waals surface area contributed by atoms with Gasteiger partial charge in [0.2, 0.25) is 0 Å². The minimum Gasteiger partial charge on any atom is -0.480 e. The van der Waals surface area contributed by atoms with Gasteiger partial charge in [0.15, 0.2) is 0 Å². The number of anilines is 1. The van der Waals surface area contributed by atoms with Crippen LogP contribution in [0.4, 0.5) is 11.5 Å². The molecule has 1 rings (SSSR count). The Morgan fingerprint density at radius 1 is 1.71 bits per heavy atom. The van der Waals surface area contributed by atoms with Gasteiger partial charge in [0.1, 0.15) is 18.1 Å². The van der Waals surface area contributed by atoms with E-state index in [9.17, 15) is 14.9 Å². The first-order valence-electron chi connectivity index (χ1n) is 4.58. The second-order valence-corrected chi connectivity index (χ2v) is 3.10. The van der Waals surface area contributed by atoms with Crippen LogP contribution in [0.25, 0.3) is 0 Å². The third kappa shape index (κ3) is 3.46. The van der Waals surface area contributed by atoms with Crippen molar-refractivity contribution in [2.45, 2.75) is 12.5 Å². The molecule has 7 nitrogen and oxygen atoms in total. The maximum Gasteiger partial charge on any atom is 0.327 e. The third-order valence-electron chi connectivity index (χ3n) is 1.90. The second-order valence-electron chi connectivity index (χ2n) is 3.10. The average molecular weight is 235 g/mol. The number of nitrogens with zero attached hydrogens (tertiary/aromatic N) is 2. The molecule has 1 heterocycles. The van der Waals surface area contributed by atoms with Crippen molar-refractivity contribution in [2.24, 2.45) is 0 Å². The first-order chi connectivity index (χ1) is 8.04. The van der Waals surface area contributed by atoms with E-state index in [-0.39, 0.29) is 17.9 Å². The molecule has 0 amide bonds. The largest absolute Gasteiger partial charge is 0.480 e. The van der Waals surface area contributed by atoms with Crippen LogP contribution >= 0.6 is 0 Å². The number of nitrogens with one attached hydrogen (secondary N) is 1. The van der Waals surface area contributed by atoms with E-state index in [0.29, 0.717) is 0 Å². The fraction of sp³-hybridized carbons (Fsp3) is 0.200. The molecule has 1 aromatic heterocycles. The number of aliphatic carboxylic acids is 1. The maximum absolute atomic E-state index is 10.8. The van der Waals surface area contributed by atoms with Gasteiger partial charge in [-0.25, -0.2) is 9.78 Å². The molecule has 0 bridgehead atoms. The Labute approximate surface area is 96.6 Å². The van der Waals surface area contributed by atoms with Crippen molar-refractivity contribution >= 4 is 17.5 Å². The quantitative estimate of drug-likeness (QED) is 0.445. The minimum absolute atomic E-state index is 0.00595. The van der Waals surface area contributed by atoms with Gasteiger partial charge in [0, 0.05) is 12.5 Å². The molecule has 0 aromatic carbocycles. The molecule has 0 saturated carbocycles. The zero-order chi connectivity index (χ0) is 12.8. The highest BCUT2D eigenvalue weighted by Gasteiger charge is 2.16. The zero-order valence-electron chi connectivity index (χ0n) is 8.66. The first kappa shape index (κ1) is 12.4. The predicted molar refractivity (Wildman–Crippen MR) is 59.4 cm³/mol. The standard InChI is InChI=1S/C10H9N3O4/c1-2-3-8(10(14)15)12-9-5-4-7(6-11-9)13(16)17/h1,4-6,8H,3H2,(H,11,12)(H,14,15). The van der Waals surface area contributed by atoms with E-state index >= 15 is 0 Å². The van der Waals surface area contributed by atoms with E-state index < -0.39 is 16.9 Å². The summed E-state index contributed by atoms with van der Waals surface area (Å²) in [4.78, 5) is 24.3. The van der Waals surface area contributed by atoms with Crippen molar-refractivity contribution in [3.05, 3.63) is 28.4 Å². The Kier molecular flexibility index (Phi) is 4.00. The molecule has 0 radical (unpaired) electrons. The summed E-state index contributed by atoms with van der Waals surface area (Å²) in [5.74, 6) is 1.33. The molecule has 2 N–H and O–H groups in total. The van der Waals surface area contributed by atoms with Crippen molar-refractivity contribution in [2.75, 3.05) is 5.32 Å². The maximum atomic E-state index is 10.8. The topological polar surface area (TPSA) is 105 Å². The highest BCUT2D eigenvalue weighted by Crippen LogP contribution is 2.13. The van der Waals surface area contributed by atoms with Gasteiger partial charge in [-0.1, -0.05) is 0 Å². The first-order valence-corrected chi connectivity index (χ1v) is 4.58. The van der Waals surface area contributed by atoms with Gasteiger partial charge in [-0.3, -0.25) is 10.1 Å². The lowest BCUT2D eigenvalue weighted by Gasteiger charge is -2.11. The number of carbonyl (C=O) groups is 1. The number of rotatable bonds is 5. The molecule has 1 atom stereocenters. The number of carboxylic acid groups (broad SMARTS) is 1. The van der Waals surface area contributed by atoms with Gasteiger partial charge in [0.05, 0.1) is 4.92 Å². The summed E-state index contributed by atoms with van der Waals surface area (Å²) in [7, 11) is 0. The van der Waals surface area contributed by atoms with Crippen LogP contribution in [0.3, 0.4) is 0 Å². The number of nitro groups is 1. The molecule has 0 spiro atoms. The molecule has 17 heavy (non-hydrogen) atoms. The van der Waals surface area contributed by atoms with Crippen LogP contribution in [-0.4, -0.2) is 27.0 Å². The molecule has 88 valence electrons. The van der Waals surface area contributed by atoms with Crippen molar-refractivity contribution in [3.8, 4) is 12.3 Å². The number of terminal acetylenes is 1. The Hall–Kier alpha value is -2.62. The molecule has 1 unspecified atom stereocenters. The van der Waals surface area contributed by atoms with E-state index in [1.54, 1.807) is 0 Å². The Bertz CT molecular complexity index is 463. The predicted octanol–water partition coefficient (Wildman–Crippen LogP) is 0.878. The number of pyridine rings is 1. The van der Waals surface area contributed by atoms with Crippen molar-refractivity contribution in [1.82, 2.24) is 4.98 Å². The van der Waals surface area contributed by atoms with E-state index in [4.69, 9.17) is 11.5 Å². The van der Waals surface area contributed by atoms with Gasteiger partial charge in [-0.15, -0.1) is 12.3 Å². The van der Waals surface area contributed by atoms with Crippen molar-refractivity contribution in [3.63, 3.8) is 0 Å². The molecule has 0 saturated heterocycles. The van der Waals surface area contributed by atoms with Gasteiger partial charge >= 0.3 is 5.97 Å². The number of hydrogen-bond acceptors (Lipinski definition) is 5. The van der Waals surface area contributed by atoms with E-state index in [0.717, 1.165) is 6.20 Å². The summed E-state index contributed by atoms with van der Waals surface area (Å²) in [6, 6.07) is 1.59. The zero-order valence-corrected chi connectivity index (χ0v) is 8.66. The number of aromatic nitrogens is 1. The molecular weight excluding hydrogens is 226 g/mol. The Morgan fingerprint density at radius 3 is 2.82 bits per heavy atom. The minimum atomic E-state index is -1.11. The summed E-state index contributed by atoms with van der Waals surface area (Å²) >= 11 is 0. The molecule has 0 aliphatic rings. The van der Waals surface area contributed by atoms with Crippen LogP contribution in [0.2, 0.25) is 0 Å². The lowest BCUT2D eigenvalue weighted by Crippen LogP contribution is -2.29. The van der Waals surface area contributed by atoms with Crippen LogP contribution in [0.1, 0.15) is 6.42 Å². The molecule has 0 aliphatic heterocycles. The highest BCUT2D eigenvalue weighted by molar-refractivity contribution is 5.77. The third-order valence-corrected chi connectivity index (χ3v) is 1.90. The summed E-state index contributed by atoms with van der Waals surface area (Å²) in [6.07, 6.45) is 6.05. The summed E-state index contributed by atoms with van der Waals surface area (Å²) in [5, 5.41) is 21.8. The lowest BCUT2D eigenvalue weighted by atomic mass is 10.2. The Balaban J connectivity index is 2.77. The Morgan fingerprint density at radius 2 is 2.41 bits per heavy atom. The van der Waals surface area contributed by atoms with E-state index in [2.05, 4.69) is 16.2 Å². The fourth-order valence-electron chi connectivity index (χ4n) is 1.08. The summed E-state index contributed by atoms with van der Waals surface area (Å²) in [6.45, 7) is 0. The van der Waals surface area contributed by atoms with E-state index in [1.165, 1.54) is 12.1 Å². The number of carboxylic acids is 1. The molecule has 0 aliphatic carbocycles. The van der Waals surface area contributed by atoms with Crippen LogP contribution in [0.15, 0.2) is 18.3 Å². The summed E-state index contributed by atoms with van der Waals surface area (Å²) < 4.78 is 0. The smallest absolute Gasteiger partial charge is 0.327 e.